The molecule has 1 saturated heterocycles. The Morgan fingerprint density at radius 1 is 1.18 bits per heavy atom. The SMILES string of the molecule is CC[C@@H]1O[C@H](C)CC/C=C\[C@@H]2C[C@@]2(C(=O)NS(=O)(=O)C2(C)CC2)NC(=O)[C@@H]2N(C[C@@](C)(Oc3ncc(OC)c4ccccc34)C2(F)F)C(=O)[C@H]1N(C(=O)O)C(C)C. The summed E-state index contributed by atoms with van der Waals surface area (Å²) in [5.74, 6) is -8.62. The van der Waals surface area contributed by atoms with Gasteiger partial charge in [-0.15, -0.1) is 0 Å². The number of fused-ring (bicyclic) bond motifs is 3. The minimum absolute atomic E-state index is 0.0997. The van der Waals surface area contributed by atoms with E-state index < -0.39 is 98.4 Å². The molecule has 3 N–H and O–H groups in total. The Hall–Kier alpha value is -4.58. The fourth-order valence-electron chi connectivity index (χ4n) is 7.91. The number of alkyl halides is 2. The molecular formula is C39H51F2N5O10S. The van der Waals surface area contributed by atoms with Gasteiger partial charge in [-0.1, -0.05) is 37.3 Å². The number of carbonyl (C=O) groups excluding carboxylic acids is 3. The smallest absolute Gasteiger partial charge is 0.408 e. The van der Waals surface area contributed by atoms with Gasteiger partial charge in [0.05, 0.1) is 36.8 Å². The maximum Gasteiger partial charge on any atom is 0.408 e. The van der Waals surface area contributed by atoms with Gasteiger partial charge in [0.1, 0.15) is 17.3 Å². The first-order valence-electron chi connectivity index (χ1n) is 19.2. The molecule has 3 fully saturated rings. The summed E-state index contributed by atoms with van der Waals surface area (Å²) in [7, 11) is -2.79. The molecule has 15 nitrogen and oxygen atoms in total. The molecule has 18 heteroatoms. The lowest BCUT2D eigenvalue weighted by atomic mass is 9.96. The summed E-state index contributed by atoms with van der Waals surface area (Å²) < 4.78 is 80.1. The van der Waals surface area contributed by atoms with Crippen molar-refractivity contribution in [1.29, 1.82) is 0 Å². The predicted octanol–water partition coefficient (Wildman–Crippen LogP) is 4.39. The van der Waals surface area contributed by atoms with E-state index in [4.69, 9.17) is 14.2 Å². The Balaban J connectivity index is 1.49. The molecule has 0 radical (unpaired) electrons. The van der Waals surface area contributed by atoms with E-state index in [2.05, 4.69) is 15.0 Å². The molecule has 2 saturated carbocycles. The minimum Gasteiger partial charge on any atom is -0.494 e. The highest BCUT2D eigenvalue weighted by atomic mass is 32.2. The third-order valence-electron chi connectivity index (χ3n) is 11.8. The van der Waals surface area contributed by atoms with Crippen molar-refractivity contribution in [2.45, 2.75) is 132 Å². The number of rotatable bonds is 9. The summed E-state index contributed by atoms with van der Waals surface area (Å²) in [4.78, 5) is 62.1. The number of aromatic nitrogens is 1. The molecule has 2 aliphatic carbocycles. The second kappa shape index (κ2) is 15.0. The highest BCUT2D eigenvalue weighted by Gasteiger charge is 2.72. The molecule has 2 aliphatic heterocycles. The number of methoxy groups -OCH3 is 1. The van der Waals surface area contributed by atoms with Crippen molar-refractivity contribution < 1.29 is 55.7 Å². The molecule has 4 aliphatic rings. The van der Waals surface area contributed by atoms with Crippen LogP contribution < -0.4 is 19.5 Å². The van der Waals surface area contributed by atoms with Gasteiger partial charge in [0, 0.05) is 22.7 Å². The maximum atomic E-state index is 17.5. The predicted molar refractivity (Wildman–Crippen MR) is 203 cm³/mol. The third-order valence-corrected chi connectivity index (χ3v) is 14.0. The van der Waals surface area contributed by atoms with Crippen molar-refractivity contribution in [3.63, 3.8) is 0 Å². The number of halogens is 2. The zero-order valence-electron chi connectivity index (χ0n) is 33.1. The number of hydrogen-bond acceptors (Lipinski definition) is 10. The number of ether oxygens (including phenoxy) is 3. The number of sulfonamides is 1. The van der Waals surface area contributed by atoms with Crippen molar-refractivity contribution in [1.82, 2.24) is 24.8 Å². The lowest BCUT2D eigenvalue weighted by Crippen LogP contribution is -2.64. The lowest BCUT2D eigenvalue weighted by molar-refractivity contribution is -0.165. The normalized spacial score (nSPS) is 31.5. The molecule has 0 spiro atoms. The van der Waals surface area contributed by atoms with Crippen LogP contribution in [0.3, 0.4) is 0 Å². The molecule has 7 atom stereocenters. The Kier molecular flexibility index (Phi) is 11.0. The lowest BCUT2D eigenvalue weighted by Gasteiger charge is -2.40. The van der Waals surface area contributed by atoms with Crippen LogP contribution in [-0.4, -0.2) is 118 Å². The van der Waals surface area contributed by atoms with Crippen LogP contribution in [0, 0.1) is 5.92 Å². The number of nitrogens with zero attached hydrogens (tertiary/aromatic N) is 3. The summed E-state index contributed by atoms with van der Waals surface area (Å²) in [6.07, 6.45) is 2.88. The largest absolute Gasteiger partial charge is 0.494 e. The fourth-order valence-corrected chi connectivity index (χ4v) is 9.22. The molecule has 57 heavy (non-hydrogen) atoms. The van der Waals surface area contributed by atoms with Crippen LogP contribution in [-0.2, 0) is 29.1 Å². The van der Waals surface area contributed by atoms with Crippen molar-refractivity contribution >= 4 is 44.6 Å². The quantitative estimate of drug-likeness (QED) is 0.304. The van der Waals surface area contributed by atoms with Crippen molar-refractivity contribution in [3.05, 3.63) is 42.6 Å². The Morgan fingerprint density at radius 2 is 1.84 bits per heavy atom. The standard InChI is InChI=1S/C39H51F2N5O10S/c1-8-27-29(46(22(2)3)35(50)51)33(48)45-21-37(6,56-32-26-16-12-11-15-25(26)28(54-7)20-42-32)39(40,41)30(45)31(47)43-38(19-24(38)14-10-9-13-23(4)55-27)34(49)44-57(52,53)36(5)17-18-36/h10-12,14-16,20,22-24,27,29-30H,8-9,13,17-19,21H2,1-7H3,(H,43,47)(H,44,49)(H,50,51)/b14-10-/t23-,24-,27+,29+,30+,37-,38-/m1/s1. The first-order chi connectivity index (χ1) is 26.7. The van der Waals surface area contributed by atoms with Crippen LogP contribution in [0.25, 0.3) is 10.8 Å². The van der Waals surface area contributed by atoms with Gasteiger partial charge in [0.25, 0.3) is 5.91 Å². The van der Waals surface area contributed by atoms with E-state index >= 15 is 13.6 Å². The van der Waals surface area contributed by atoms with Gasteiger partial charge >= 0.3 is 12.0 Å². The number of carbonyl (C=O) groups is 4. The average Bonchev–Trinajstić information content (AvgIpc) is 4.05. The molecule has 1 aromatic carbocycles. The Labute approximate surface area is 330 Å². The molecule has 6 rings (SSSR count). The molecule has 3 heterocycles. The van der Waals surface area contributed by atoms with Gasteiger partial charge in [0.15, 0.2) is 11.6 Å². The average molecular weight is 820 g/mol. The van der Waals surface area contributed by atoms with Gasteiger partial charge < -0.3 is 29.5 Å². The monoisotopic (exact) mass is 819 g/mol. The summed E-state index contributed by atoms with van der Waals surface area (Å²) in [6.45, 7) is 8.04. The third kappa shape index (κ3) is 7.38. The number of nitrogens with one attached hydrogen (secondary N) is 2. The van der Waals surface area contributed by atoms with Gasteiger partial charge in [-0.2, -0.15) is 8.78 Å². The van der Waals surface area contributed by atoms with Crippen molar-refractivity contribution in [2.24, 2.45) is 5.92 Å². The second-order valence-corrected chi connectivity index (χ2v) is 18.5. The van der Waals surface area contributed by atoms with E-state index in [1.54, 1.807) is 50.3 Å². The van der Waals surface area contributed by atoms with Crippen LogP contribution in [0.5, 0.6) is 11.6 Å². The van der Waals surface area contributed by atoms with Crippen LogP contribution in [0.15, 0.2) is 42.6 Å². The molecular weight excluding hydrogens is 769 g/mol. The molecule has 312 valence electrons. The first kappa shape index (κ1) is 42.0. The van der Waals surface area contributed by atoms with Crippen LogP contribution in [0.1, 0.15) is 80.1 Å². The van der Waals surface area contributed by atoms with Gasteiger partial charge in [-0.05, 0) is 79.2 Å². The number of amides is 4. The highest BCUT2D eigenvalue weighted by Crippen LogP contribution is 2.50. The molecule has 1 aromatic heterocycles. The molecule has 4 amide bonds. The summed E-state index contributed by atoms with van der Waals surface area (Å²) in [6, 6.07) is 1.41. The summed E-state index contributed by atoms with van der Waals surface area (Å²) in [5, 5.41) is 13.7. The van der Waals surface area contributed by atoms with Crippen LogP contribution >= 0.6 is 0 Å². The Morgan fingerprint density at radius 3 is 2.44 bits per heavy atom. The van der Waals surface area contributed by atoms with E-state index in [-0.39, 0.29) is 18.7 Å². The first-order valence-corrected chi connectivity index (χ1v) is 20.7. The highest BCUT2D eigenvalue weighted by molar-refractivity contribution is 7.91. The van der Waals surface area contributed by atoms with Gasteiger partial charge in [-0.25, -0.2) is 18.2 Å². The van der Waals surface area contributed by atoms with Gasteiger partial charge in [0.2, 0.25) is 27.7 Å². The minimum atomic E-state index is -4.23. The summed E-state index contributed by atoms with van der Waals surface area (Å²) >= 11 is 0. The molecule has 0 bridgehead atoms. The number of allylic oxidation sites excluding steroid dienone is 1. The maximum absolute atomic E-state index is 17.5. The number of benzene rings is 1. The zero-order chi connectivity index (χ0) is 41.9. The zero-order valence-corrected chi connectivity index (χ0v) is 33.9. The van der Waals surface area contributed by atoms with Crippen molar-refractivity contribution in [3.8, 4) is 11.6 Å². The van der Waals surface area contributed by atoms with Crippen LogP contribution in [0.2, 0.25) is 0 Å². The van der Waals surface area contributed by atoms with E-state index in [0.717, 1.165) is 11.8 Å². The molecule has 0 unspecified atom stereocenters. The molecule has 2 aromatic rings. The van der Waals surface area contributed by atoms with E-state index in [1.165, 1.54) is 34.1 Å². The van der Waals surface area contributed by atoms with Crippen LogP contribution in [0.4, 0.5) is 13.6 Å². The van der Waals surface area contributed by atoms with E-state index in [0.29, 0.717) is 47.1 Å². The van der Waals surface area contributed by atoms with Crippen molar-refractivity contribution in [2.75, 3.05) is 13.7 Å². The fraction of sp³-hybridized carbons (Fsp3) is 0.615. The van der Waals surface area contributed by atoms with E-state index in [1.807, 2.05) is 0 Å². The summed E-state index contributed by atoms with van der Waals surface area (Å²) in [5.41, 5.74) is -4.63. The van der Waals surface area contributed by atoms with E-state index in [9.17, 15) is 27.9 Å². The Bertz CT molecular complexity index is 2080. The topological polar surface area (TPSA) is 194 Å². The second-order valence-electron chi connectivity index (χ2n) is 16.3. The number of hydrogen-bond donors (Lipinski definition) is 3. The number of carboxylic acid groups (broad SMARTS) is 1. The number of pyridine rings is 1. The van der Waals surface area contributed by atoms with Gasteiger partial charge in [-0.3, -0.25) is 24.0 Å².